The summed E-state index contributed by atoms with van der Waals surface area (Å²) in [6.45, 7) is 2.25. The third-order valence-electron chi connectivity index (χ3n) is 3.20. The Hall–Kier alpha value is -0.890. The van der Waals surface area contributed by atoms with Crippen molar-refractivity contribution in [3.05, 3.63) is 23.8 Å². The van der Waals surface area contributed by atoms with Crippen LogP contribution in [-0.2, 0) is 4.79 Å². The largest absolute Gasteiger partial charge is 0.306 e. The fourth-order valence-corrected chi connectivity index (χ4v) is 2.24. The molecule has 0 atom stereocenters. The van der Waals surface area contributed by atoms with Gasteiger partial charge in [-0.25, -0.2) is 0 Å². The second kappa shape index (κ2) is 4.09. The van der Waals surface area contributed by atoms with Gasteiger partial charge in [0.1, 0.15) is 0 Å². The van der Waals surface area contributed by atoms with Gasteiger partial charge in [0, 0.05) is 6.42 Å². The fourth-order valence-electron chi connectivity index (χ4n) is 2.24. The van der Waals surface area contributed by atoms with Gasteiger partial charge in [-0.1, -0.05) is 18.2 Å². The van der Waals surface area contributed by atoms with Gasteiger partial charge in [0.05, 0.1) is 0 Å². The molecule has 2 heteroatoms. The van der Waals surface area contributed by atoms with Gasteiger partial charge in [0.25, 0.3) is 0 Å². The zero-order valence-electron chi connectivity index (χ0n) is 8.70. The Morgan fingerprint density at radius 3 is 2.71 bits per heavy atom. The number of Topliss-reactive ketones (excluding diaryl/α,β-unsaturated/α-hetero) is 1. The molecular weight excluding hydrogens is 174 g/mol. The number of piperidine rings is 1. The molecule has 0 aromatic heterocycles. The van der Waals surface area contributed by atoms with Crippen LogP contribution in [0.15, 0.2) is 23.8 Å². The average molecular weight is 191 g/mol. The Balaban J connectivity index is 2.04. The normalized spacial score (nSPS) is 25.2. The Kier molecular flexibility index (Phi) is 2.82. The van der Waals surface area contributed by atoms with Crippen molar-refractivity contribution in [2.24, 2.45) is 5.92 Å². The molecule has 0 unspecified atom stereocenters. The van der Waals surface area contributed by atoms with Crippen LogP contribution in [0.3, 0.4) is 0 Å². The van der Waals surface area contributed by atoms with E-state index < -0.39 is 0 Å². The van der Waals surface area contributed by atoms with E-state index in [0.717, 1.165) is 31.5 Å². The number of hydrogen-bond donors (Lipinski definition) is 0. The molecule has 1 saturated heterocycles. The molecule has 76 valence electrons. The van der Waals surface area contributed by atoms with Crippen LogP contribution in [0.4, 0.5) is 0 Å². The number of carbonyl (C=O) groups is 1. The third kappa shape index (κ3) is 1.95. The number of rotatable bonds is 1. The van der Waals surface area contributed by atoms with E-state index in [9.17, 15) is 4.79 Å². The first kappa shape index (κ1) is 9.66. The van der Waals surface area contributed by atoms with Gasteiger partial charge >= 0.3 is 0 Å². The van der Waals surface area contributed by atoms with Gasteiger partial charge in [0.15, 0.2) is 5.78 Å². The van der Waals surface area contributed by atoms with Crippen molar-refractivity contribution < 1.29 is 4.79 Å². The summed E-state index contributed by atoms with van der Waals surface area (Å²) in [6, 6.07) is 0. The lowest BCUT2D eigenvalue weighted by molar-refractivity contribution is -0.115. The highest BCUT2D eigenvalue weighted by Gasteiger charge is 2.24. The zero-order chi connectivity index (χ0) is 9.97. The van der Waals surface area contributed by atoms with Crippen LogP contribution in [0.5, 0.6) is 0 Å². The Morgan fingerprint density at radius 1 is 1.36 bits per heavy atom. The van der Waals surface area contributed by atoms with Crippen LogP contribution in [0.25, 0.3) is 0 Å². The monoisotopic (exact) mass is 191 g/mol. The lowest BCUT2D eigenvalue weighted by Gasteiger charge is -2.30. The molecular formula is C12H17NO. The van der Waals surface area contributed by atoms with E-state index in [1.165, 1.54) is 0 Å². The SMILES string of the molecule is CN1CCC(C2=CC=CCC2=O)CC1. The fraction of sp³-hybridized carbons (Fsp3) is 0.583. The Labute approximate surface area is 85.3 Å². The van der Waals surface area contributed by atoms with Crippen LogP contribution in [0.1, 0.15) is 19.3 Å². The molecule has 1 aliphatic heterocycles. The molecule has 0 saturated carbocycles. The molecule has 14 heavy (non-hydrogen) atoms. The van der Waals surface area contributed by atoms with Gasteiger partial charge < -0.3 is 4.90 Å². The van der Waals surface area contributed by atoms with Crippen LogP contribution in [0, 0.1) is 5.92 Å². The first-order valence-corrected chi connectivity index (χ1v) is 5.36. The van der Waals surface area contributed by atoms with E-state index >= 15 is 0 Å². The molecule has 0 amide bonds. The molecule has 1 fully saturated rings. The zero-order valence-corrected chi connectivity index (χ0v) is 8.70. The molecule has 0 N–H and O–H groups in total. The standard InChI is InChI=1S/C12H17NO/c1-13-8-6-10(7-9-13)11-4-2-3-5-12(11)14/h2-4,10H,5-9H2,1H3. The van der Waals surface area contributed by atoms with Crippen molar-refractivity contribution in [2.75, 3.05) is 20.1 Å². The highest BCUT2D eigenvalue weighted by molar-refractivity contribution is 5.98. The Morgan fingerprint density at radius 2 is 2.07 bits per heavy atom. The summed E-state index contributed by atoms with van der Waals surface area (Å²) >= 11 is 0. The first-order valence-electron chi connectivity index (χ1n) is 5.36. The summed E-state index contributed by atoms with van der Waals surface area (Å²) in [5, 5.41) is 0. The average Bonchev–Trinajstić information content (AvgIpc) is 2.20. The number of hydrogen-bond acceptors (Lipinski definition) is 2. The van der Waals surface area contributed by atoms with E-state index in [1.807, 2.05) is 18.2 Å². The van der Waals surface area contributed by atoms with Crippen molar-refractivity contribution >= 4 is 5.78 Å². The summed E-state index contributed by atoms with van der Waals surface area (Å²) in [4.78, 5) is 14.0. The van der Waals surface area contributed by atoms with E-state index in [1.54, 1.807) is 0 Å². The maximum atomic E-state index is 11.6. The molecule has 0 radical (unpaired) electrons. The summed E-state index contributed by atoms with van der Waals surface area (Å²) < 4.78 is 0. The van der Waals surface area contributed by atoms with E-state index in [4.69, 9.17) is 0 Å². The van der Waals surface area contributed by atoms with Crippen molar-refractivity contribution in [3.63, 3.8) is 0 Å². The first-order chi connectivity index (χ1) is 6.77. The summed E-state index contributed by atoms with van der Waals surface area (Å²) in [6.07, 6.45) is 8.87. The molecule has 0 bridgehead atoms. The van der Waals surface area contributed by atoms with Crippen LogP contribution >= 0.6 is 0 Å². The van der Waals surface area contributed by atoms with Gasteiger partial charge in [-0.15, -0.1) is 0 Å². The minimum absolute atomic E-state index is 0.335. The third-order valence-corrected chi connectivity index (χ3v) is 3.20. The van der Waals surface area contributed by atoms with Gasteiger partial charge in [-0.2, -0.15) is 0 Å². The molecule has 0 aromatic rings. The predicted octanol–water partition coefficient (Wildman–Crippen LogP) is 1.78. The van der Waals surface area contributed by atoms with Crippen molar-refractivity contribution in [1.82, 2.24) is 4.90 Å². The molecule has 1 heterocycles. The van der Waals surface area contributed by atoms with E-state index in [-0.39, 0.29) is 0 Å². The molecule has 1 aliphatic carbocycles. The number of ketones is 1. The maximum absolute atomic E-state index is 11.6. The quantitative estimate of drug-likeness (QED) is 0.629. The van der Waals surface area contributed by atoms with Crippen LogP contribution in [0.2, 0.25) is 0 Å². The van der Waals surface area contributed by atoms with Crippen LogP contribution in [-0.4, -0.2) is 30.8 Å². The van der Waals surface area contributed by atoms with E-state index in [2.05, 4.69) is 11.9 Å². The smallest absolute Gasteiger partial charge is 0.162 e. The number of carbonyl (C=O) groups excluding carboxylic acids is 1. The number of likely N-dealkylation sites (tertiary alicyclic amines) is 1. The highest BCUT2D eigenvalue weighted by atomic mass is 16.1. The second-order valence-electron chi connectivity index (χ2n) is 4.26. The maximum Gasteiger partial charge on any atom is 0.162 e. The highest BCUT2D eigenvalue weighted by Crippen LogP contribution is 2.27. The molecule has 2 aliphatic rings. The molecule has 2 nitrogen and oxygen atoms in total. The van der Waals surface area contributed by atoms with Crippen molar-refractivity contribution in [3.8, 4) is 0 Å². The lowest BCUT2D eigenvalue weighted by atomic mass is 9.84. The number of nitrogens with zero attached hydrogens (tertiary/aromatic N) is 1. The van der Waals surface area contributed by atoms with Crippen molar-refractivity contribution in [2.45, 2.75) is 19.3 Å². The Bertz CT molecular complexity index is 283. The molecule has 0 spiro atoms. The minimum Gasteiger partial charge on any atom is -0.306 e. The van der Waals surface area contributed by atoms with E-state index in [0.29, 0.717) is 18.1 Å². The summed E-state index contributed by atoms with van der Waals surface area (Å²) in [7, 11) is 2.15. The number of allylic oxidation sites excluding steroid dienone is 4. The van der Waals surface area contributed by atoms with Gasteiger partial charge in [-0.05, 0) is 44.5 Å². The molecule has 0 aromatic carbocycles. The predicted molar refractivity (Wildman–Crippen MR) is 57.1 cm³/mol. The summed E-state index contributed by atoms with van der Waals surface area (Å²) in [5.74, 6) is 0.853. The molecule has 2 rings (SSSR count). The lowest BCUT2D eigenvalue weighted by Crippen LogP contribution is -2.32. The van der Waals surface area contributed by atoms with Gasteiger partial charge in [-0.3, -0.25) is 4.79 Å². The second-order valence-corrected chi connectivity index (χ2v) is 4.26. The minimum atomic E-state index is 0.335. The topological polar surface area (TPSA) is 20.3 Å². The van der Waals surface area contributed by atoms with Crippen molar-refractivity contribution in [1.29, 1.82) is 0 Å². The summed E-state index contributed by atoms with van der Waals surface area (Å²) in [5.41, 5.74) is 1.07. The van der Waals surface area contributed by atoms with Crippen LogP contribution < -0.4 is 0 Å². The van der Waals surface area contributed by atoms with Gasteiger partial charge in [0.2, 0.25) is 0 Å².